The number of anilines is 1. The number of fused-ring (bicyclic) bond motifs is 1. The Labute approximate surface area is 240 Å². The van der Waals surface area contributed by atoms with Crippen molar-refractivity contribution in [3.05, 3.63) is 77.4 Å². The highest BCUT2D eigenvalue weighted by atomic mass is 32.1. The smallest absolute Gasteiger partial charge is 0.493 e. The van der Waals surface area contributed by atoms with E-state index in [1.54, 1.807) is 45.4 Å². The molecule has 0 amide bonds. The van der Waals surface area contributed by atoms with Gasteiger partial charge in [0.25, 0.3) is 0 Å². The summed E-state index contributed by atoms with van der Waals surface area (Å²) in [6, 6.07) is 15.4. The number of ether oxygens (including phenoxy) is 5. The van der Waals surface area contributed by atoms with Gasteiger partial charge in [-0.3, -0.25) is 0 Å². The number of nitrogens with zero attached hydrogens (tertiary/aromatic N) is 1. The Bertz CT molecular complexity index is 1370. The molecule has 41 heavy (non-hydrogen) atoms. The van der Waals surface area contributed by atoms with Crippen LogP contribution < -0.4 is 24.3 Å². The highest BCUT2D eigenvalue weighted by molar-refractivity contribution is 7.80. The molecule has 12 heteroatoms. The molecule has 218 valence electrons. The molecule has 1 N–H and O–H groups in total. The molecule has 1 heterocycles. The summed E-state index contributed by atoms with van der Waals surface area (Å²) in [4.78, 5) is 13.9. The van der Waals surface area contributed by atoms with Crippen molar-refractivity contribution in [2.75, 3.05) is 39.3 Å². The topological polar surface area (TPSA) is 78.5 Å². The third-order valence-electron chi connectivity index (χ3n) is 6.38. The molecule has 3 aromatic carbocycles. The highest BCUT2D eigenvalue weighted by Crippen LogP contribution is 2.39. The number of carbonyl (C=O) groups excluding carboxylic acids is 1. The highest BCUT2D eigenvalue weighted by Gasteiger charge is 2.32. The van der Waals surface area contributed by atoms with Crippen LogP contribution >= 0.6 is 12.2 Å². The lowest BCUT2D eigenvalue weighted by Crippen LogP contribution is -2.44. The van der Waals surface area contributed by atoms with Crippen LogP contribution in [0.25, 0.3) is 0 Å². The lowest BCUT2D eigenvalue weighted by molar-refractivity contribution is -0.274. The lowest BCUT2D eigenvalue weighted by Gasteiger charge is -2.39. The molecule has 0 saturated carbocycles. The zero-order valence-corrected chi connectivity index (χ0v) is 23.4. The van der Waals surface area contributed by atoms with Gasteiger partial charge in [-0.05, 0) is 97.4 Å². The van der Waals surface area contributed by atoms with E-state index in [1.165, 1.54) is 24.3 Å². The Morgan fingerprint density at radius 3 is 2.24 bits per heavy atom. The van der Waals surface area contributed by atoms with Crippen LogP contribution in [-0.2, 0) is 11.2 Å². The maximum atomic E-state index is 12.5. The van der Waals surface area contributed by atoms with Crippen LogP contribution in [0, 0.1) is 0 Å². The van der Waals surface area contributed by atoms with Crippen molar-refractivity contribution in [3.8, 4) is 23.0 Å². The lowest BCUT2D eigenvalue weighted by atomic mass is 9.92. The summed E-state index contributed by atoms with van der Waals surface area (Å²) in [5, 5.41) is 3.46. The van der Waals surface area contributed by atoms with Gasteiger partial charge >= 0.3 is 12.3 Å². The molecule has 1 atom stereocenters. The number of halogens is 3. The van der Waals surface area contributed by atoms with E-state index in [2.05, 4.69) is 10.1 Å². The van der Waals surface area contributed by atoms with Gasteiger partial charge in [0.2, 0.25) is 0 Å². The summed E-state index contributed by atoms with van der Waals surface area (Å²) >= 11 is 5.73. The van der Waals surface area contributed by atoms with Crippen LogP contribution in [0.5, 0.6) is 23.0 Å². The molecule has 1 aliphatic heterocycles. The van der Waals surface area contributed by atoms with Crippen molar-refractivity contribution >= 4 is 29.0 Å². The van der Waals surface area contributed by atoms with Crippen LogP contribution in [0.1, 0.15) is 34.5 Å². The van der Waals surface area contributed by atoms with E-state index in [0.717, 1.165) is 11.1 Å². The first-order valence-corrected chi connectivity index (χ1v) is 13.1. The summed E-state index contributed by atoms with van der Waals surface area (Å²) in [5.74, 6) is 0.959. The largest absolute Gasteiger partial charge is 0.573 e. The number of hydrogen-bond donors (Lipinski definition) is 1. The van der Waals surface area contributed by atoms with Gasteiger partial charge in [-0.2, -0.15) is 0 Å². The molecule has 3 aromatic rings. The number of hydrogen-bond acceptors (Lipinski definition) is 7. The van der Waals surface area contributed by atoms with E-state index in [0.29, 0.717) is 46.6 Å². The maximum absolute atomic E-state index is 12.5. The molecule has 4 rings (SSSR count). The SMILES string of the molecule is CCOC(=O)c1ccc(OC[C@H]2c3cc(OC)c(OC)cc3CCN2C(=S)Nc2ccc(OC(F)(F)F)cc2)cc1. The van der Waals surface area contributed by atoms with Gasteiger partial charge in [0.15, 0.2) is 16.6 Å². The maximum Gasteiger partial charge on any atom is 0.573 e. The molecule has 0 saturated heterocycles. The van der Waals surface area contributed by atoms with Gasteiger partial charge < -0.3 is 33.9 Å². The molecule has 0 aromatic heterocycles. The number of methoxy groups -OCH3 is 2. The van der Waals surface area contributed by atoms with Crippen LogP contribution in [-0.4, -0.2) is 56.3 Å². The van der Waals surface area contributed by atoms with E-state index >= 15 is 0 Å². The van der Waals surface area contributed by atoms with E-state index in [-0.39, 0.29) is 25.0 Å². The molecule has 0 spiro atoms. The van der Waals surface area contributed by atoms with Crippen molar-refractivity contribution < 1.29 is 41.7 Å². The Hall–Kier alpha value is -4.19. The van der Waals surface area contributed by atoms with E-state index in [4.69, 9.17) is 31.2 Å². The average molecular weight is 591 g/mol. The van der Waals surface area contributed by atoms with Crippen LogP contribution in [0.15, 0.2) is 60.7 Å². The third kappa shape index (κ3) is 7.51. The number of alkyl halides is 3. The molecule has 0 fully saturated rings. The summed E-state index contributed by atoms with van der Waals surface area (Å²) in [5.41, 5.74) is 2.88. The number of benzene rings is 3. The average Bonchev–Trinajstić information content (AvgIpc) is 2.95. The Balaban J connectivity index is 1.56. The predicted octanol–water partition coefficient (Wildman–Crippen LogP) is 6.15. The van der Waals surface area contributed by atoms with Gasteiger partial charge in [-0.25, -0.2) is 4.79 Å². The second-order valence-electron chi connectivity index (χ2n) is 8.92. The molecule has 8 nitrogen and oxygen atoms in total. The van der Waals surface area contributed by atoms with Crippen LogP contribution in [0.2, 0.25) is 0 Å². The zero-order chi connectivity index (χ0) is 29.6. The first-order chi connectivity index (χ1) is 19.6. The summed E-state index contributed by atoms with van der Waals surface area (Å²) in [6.07, 6.45) is -4.12. The zero-order valence-electron chi connectivity index (χ0n) is 22.6. The van der Waals surface area contributed by atoms with Gasteiger partial charge in [0.1, 0.15) is 18.1 Å². The van der Waals surface area contributed by atoms with Crippen molar-refractivity contribution in [2.24, 2.45) is 0 Å². The predicted molar refractivity (Wildman–Crippen MR) is 150 cm³/mol. The summed E-state index contributed by atoms with van der Waals surface area (Å²) < 4.78 is 63.7. The Morgan fingerprint density at radius 1 is 1.00 bits per heavy atom. The summed E-state index contributed by atoms with van der Waals surface area (Å²) in [6.45, 7) is 2.76. The van der Waals surface area contributed by atoms with E-state index < -0.39 is 12.3 Å². The summed E-state index contributed by atoms with van der Waals surface area (Å²) in [7, 11) is 3.13. The number of carbonyl (C=O) groups is 1. The number of thiocarbonyl (C=S) groups is 1. The van der Waals surface area contributed by atoms with Gasteiger partial charge in [0.05, 0.1) is 32.4 Å². The number of rotatable bonds is 9. The van der Waals surface area contributed by atoms with Gasteiger partial charge in [-0.1, -0.05) is 0 Å². The van der Waals surface area contributed by atoms with Crippen LogP contribution in [0.4, 0.5) is 18.9 Å². The second-order valence-corrected chi connectivity index (χ2v) is 9.31. The molecule has 0 radical (unpaired) electrons. The molecule has 1 aliphatic rings. The minimum atomic E-state index is -4.78. The van der Waals surface area contributed by atoms with E-state index in [1.807, 2.05) is 17.0 Å². The minimum absolute atomic E-state index is 0.196. The third-order valence-corrected chi connectivity index (χ3v) is 6.71. The van der Waals surface area contributed by atoms with Gasteiger partial charge in [0, 0.05) is 12.2 Å². The van der Waals surface area contributed by atoms with Crippen molar-refractivity contribution in [2.45, 2.75) is 25.7 Å². The number of esters is 1. The standard InChI is InChI=1S/C29H29F3N2O6S/c1-4-38-27(35)18-5-9-21(10-6-18)39-17-24-23-16-26(37-3)25(36-2)15-19(23)13-14-34(24)28(41)33-20-7-11-22(12-8-20)40-29(30,31)32/h5-12,15-16,24H,4,13-14,17H2,1-3H3,(H,33,41)/t24-/m0/s1. The molecular formula is C29H29F3N2O6S. The molecule has 0 bridgehead atoms. The van der Waals surface area contributed by atoms with Crippen LogP contribution in [0.3, 0.4) is 0 Å². The monoisotopic (exact) mass is 590 g/mol. The van der Waals surface area contributed by atoms with Gasteiger partial charge in [-0.15, -0.1) is 13.2 Å². The van der Waals surface area contributed by atoms with Crippen molar-refractivity contribution in [3.63, 3.8) is 0 Å². The first-order valence-electron chi connectivity index (χ1n) is 12.7. The molecule has 0 unspecified atom stereocenters. The second kappa shape index (κ2) is 13.0. The Morgan fingerprint density at radius 2 is 1.63 bits per heavy atom. The Kier molecular flexibility index (Phi) is 9.43. The quantitative estimate of drug-likeness (QED) is 0.233. The van der Waals surface area contributed by atoms with Crippen molar-refractivity contribution in [1.29, 1.82) is 0 Å². The fraction of sp³-hybridized carbons (Fsp3) is 0.310. The fourth-order valence-electron chi connectivity index (χ4n) is 4.46. The fourth-order valence-corrected chi connectivity index (χ4v) is 4.80. The molecular weight excluding hydrogens is 561 g/mol. The van der Waals surface area contributed by atoms with E-state index in [9.17, 15) is 18.0 Å². The molecule has 0 aliphatic carbocycles. The number of nitrogens with one attached hydrogen (secondary N) is 1. The normalized spacial score (nSPS) is 14.5. The first kappa shape index (κ1) is 29.8. The minimum Gasteiger partial charge on any atom is -0.493 e. The van der Waals surface area contributed by atoms with Crippen molar-refractivity contribution in [1.82, 2.24) is 4.90 Å².